The topological polar surface area (TPSA) is 74.6 Å². The minimum atomic E-state index is -4.37. The maximum Gasteiger partial charge on any atom is 0.416 e. The van der Waals surface area contributed by atoms with Crippen molar-refractivity contribution in [3.05, 3.63) is 95.4 Å². The van der Waals surface area contributed by atoms with Crippen LogP contribution in [0.1, 0.15) is 40.1 Å². The first-order valence-electron chi connectivity index (χ1n) is 11.8. The van der Waals surface area contributed by atoms with Gasteiger partial charge in [0, 0.05) is 32.1 Å². The third-order valence-corrected chi connectivity index (χ3v) is 6.24. The van der Waals surface area contributed by atoms with Crippen molar-refractivity contribution < 1.29 is 27.2 Å². The number of nitrogens with zero attached hydrogens (tertiary/aromatic N) is 1. The first kappa shape index (κ1) is 25.5. The molecule has 1 aliphatic heterocycles. The van der Waals surface area contributed by atoms with Gasteiger partial charge in [-0.2, -0.15) is 13.2 Å². The summed E-state index contributed by atoms with van der Waals surface area (Å²) in [7, 11) is 0. The molecule has 2 amide bonds. The molecule has 0 aliphatic carbocycles. The fraction of sp³-hybridized carbons (Fsp3) is 0.333. The lowest BCUT2D eigenvalue weighted by Gasteiger charge is -2.33. The fourth-order valence-electron chi connectivity index (χ4n) is 4.34. The highest BCUT2D eigenvalue weighted by atomic mass is 19.4. The number of alkyl halides is 3. The summed E-state index contributed by atoms with van der Waals surface area (Å²) in [5, 5.41) is 5.81. The number of nitrogens with one attached hydrogen (secondary N) is 2. The van der Waals surface area contributed by atoms with Crippen LogP contribution in [0.25, 0.3) is 0 Å². The Balaban J connectivity index is 1.33. The highest BCUT2D eigenvalue weighted by Gasteiger charge is 2.31. The van der Waals surface area contributed by atoms with Crippen molar-refractivity contribution in [2.24, 2.45) is 0 Å². The standard InChI is InChI=1S/C27H28F3N3O3/c28-27(29,30)21-9-4-8-20(16-21)18-33-13-11-22(12-14-33)31-25(34)23(17-19-6-2-1-3-7-19)32-26(35)24-10-5-15-36-24/h1-10,15-16,22-23H,11-14,17-18H2,(H,31,34)(H,32,35). The smallest absolute Gasteiger partial charge is 0.416 e. The summed E-state index contributed by atoms with van der Waals surface area (Å²) in [5.74, 6) is -0.620. The van der Waals surface area contributed by atoms with Crippen molar-refractivity contribution in [1.29, 1.82) is 0 Å². The molecule has 3 aromatic rings. The molecule has 2 heterocycles. The van der Waals surface area contributed by atoms with E-state index in [9.17, 15) is 22.8 Å². The number of benzene rings is 2. The van der Waals surface area contributed by atoms with Crippen LogP contribution in [-0.2, 0) is 23.9 Å². The van der Waals surface area contributed by atoms with Crippen LogP contribution in [0.4, 0.5) is 13.2 Å². The predicted molar refractivity (Wildman–Crippen MR) is 128 cm³/mol. The van der Waals surface area contributed by atoms with Gasteiger partial charge in [0.1, 0.15) is 6.04 Å². The first-order valence-corrected chi connectivity index (χ1v) is 11.8. The second kappa shape index (κ2) is 11.4. The summed E-state index contributed by atoms with van der Waals surface area (Å²) in [6, 6.07) is 17.1. The lowest BCUT2D eigenvalue weighted by atomic mass is 10.0. The van der Waals surface area contributed by atoms with E-state index in [0.717, 1.165) is 11.6 Å². The molecule has 1 saturated heterocycles. The highest BCUT2D eigenvalue weighted by Crippen LogP contribution is 2.30. The van der Waals surface area contributed by atoms with E-state index in [1.165, 1.54) is 24.5 Å². The minimum Gasteiger partial charge on any atom is -0.459 e. The Morgan fingerprint density at radius 2 is 1.69 bits per heavy atom. The number of amides is 2. The Kier molecular flexibility index (Phi) is 8.10. The van der Waals surface area contributed by atoms with Gasteiger partial charge >= 0.3 is 6.18 Å². The third-order valence-electron chi connectivity index (χ3n) is 6.24. The maximum absolute atomic E-state index is 13.1. The number of hydrogen-bond donors (Lipinski definition) is 2. The second-order valence-corrected chi connectivity index (χ2v) is 8.95. The molecule has 0 spiro atoms. The van der Waals surface area contributed by atoms with Crippen LogP contribution < -0.4 is 10.6 Å². The Hall–Kier alpha value is -3.59. The molecule has 0 bridgehead atoms. The second-order valence-electron chi connectivity index (χ2n) is 8.95. The van der Waals surface area contributed by atoms with Crippen LogP contribution in [0.15, 0.2) is 77.4 Å². The number of hydrogen-bond acceptors (Lipinski definition) is 4. The van der Waals surface area contributed by atoms with Gasteiger partial charge < -0.3 is 15.1 Å². The van der Waals surface area contributed by atoms with E-state index in [1.807, 2.05) is 30.3 Å². The van der Waals surface area contributed by atoms with Crippen LogP contribution in [0.3, 0.4) is 0 Å². The average Bonchev–Trinajstić information content (AvgIpc) is 3.40. The Labute approximate surface area is 207 Å². The quantitative estimate of drug-likeness (QED) is 0.481. The van der Waals surface area contributed by atoms with Gasteiger partial charge in [-0.1, -0.05) is 48.5 Å². The van der Waals surface area contributed by atoms with Gasteiger partial charge in [-0.15, -0.1) is 0 Å². The highest BCUT2D eigenvalue weighted by molar-refractivity contribution is 5.95. The molecule has 1 aromatic heterocycles. The van der Waals surface area contributed by atoms with Gasteiger partial charge in [-0.25, -0.2) is 0 Å². The molecule has 1 fully saturated rings. The third kappa shape index (κ3) is 6.97. The summed E-state index contributed by atoms with van der Waals surface area (Å²) in [6.07, 6.45) is -1.32. The van der Waals surface area contributed by atoms with Crippen molar-refractivity contribution in [2.45, 2.75) is 44.1 Å². The van der Waals surface area contributed by atoms with Crippen molar-refractivity contribution in [1.82, 2.24) is 15.5 Å². The number of furan rings is 1. The fourth-order valence-corrected chi connectivity index (χ4v) is 4.34. The van der Waals surface area contributed by atoms with Gasteiger partial charge in [-0.3, -0.25) is 14.5 Å². The maximum atomic E-state index is 13.1. The molecule has 36 heavy (non-hydrogen) atoms. The molecule has 2 aromatic carbocycles. The van der Waals surface area contributed by atoms with E-state index in [-0.39, 0.29) is 17.7 Å². The zero-order valence-corrected chi connectivity index (χ0v) is 19.6. The largest absolute Gasteiger partial charge is 0.459 e. The number of rotatable bonds is 8. The molecule has 6 nitrogen and oxygen atoms in total. The van der Waals surface area contributed by atoms with E-state index >= 15 is 0 Å². The zero-order chi connectivity index (χ0) is 25.5. The Morgan fingerprint density at radius 1 is 0.972 bits per heavy atom. The number of carbonyl (C=O) groups excluding carboxylic acids is 2. The van der Waals surface area contributed by atoms with Crippen molar-refractivity contribution in [3.8, 4) is 0 Å². The molecule has 1 unspecified atom stereocenters. The first-order chi connectivity index (χ1) is 17.3. The van der Waals surface area contributed by atoms with Crippen LogP contribution in [-0.4, -0.2) is 41.9 Å². The molecule has 1 aliphatic rings. The number of piperidine rings is 1. The van der Waals surface area contributed by atoms with E-state index in [4.69, 9.17) is 4.42 Å². The molecule has 190 valence electrons. The molecule has 2 N–H and O–H groups in total. The molecule has 0 radical (unpaired) electrons. The van der Waals surface area contributed by atoms with Crippen LogP contribution in [0.2, 0.25) is 0 Å². The van der Waals surface area contributed by atoms with E-state index in [0.29, 0.717) is 44.5 Å². The van der Waals surface area contributed by atoms with E-state index < -0.39 is 23.7 Å². The minimum absolute atomic E-state index is 0.0888. The lowest BCUT2D eigenvalue weighted by molar-refractivity contribution is -0.137. The summed E-state index contributed by atoms with van der Waals surface area (Å²) in [4.78, 5) is 27.8. The summed E-state index contributed by atoms with van der Waals surface area (Å²) < 4.78 is 44.1. The van der Waals surface area contributed by atoms with Crippen molar-refractivity contribution in [2.75, 3.05) is 13.1 Å². The molecule has 1 atom stereocenters. The SMILES string of the molecule is O=C(NC(Cc1ccccc1)C(=O)NC1CCN(Cc2cccc(C(F)(F)F)c2)CC1)c1ccco1. The average molecular weight is 500 g/mol. The normalized spacial score (nSPS) is 15.9. The lowest BCUT2D eigenvalue weighted by Crippen LogP contribution is -2.52. The van der Waals surface area contributed by atoms with Gasteiger partial charge in [-0.05, 0) is 42.2 Å². The Bertz CT molecular complexity index is 1140. The van der Waals surface area contributed by atoms with Crippen LogP contribution >= 0.6 is 0 Å². The molecule has 4 rings (SSSR count). The zero-order valence-electron chi connectivity index (χ0n) is 19.6. The monoisotopic (exact) mass is 499 g/mol. The van der Waals surface area contributed by atoms with Gasteiger partial charge in [0.15, 0.2) is 5.76 Å². The van der Waals surface area contributed by atoms with Gasteiger partial charge in [0.05, 0.1) is 11.8 Å². The summed E-state index contributed by atoms with van der Waals surface area (Å²) >= 11 is 0. The number of carbonyl (C=O) groups is 2. The van der Waals surface area contributed by atoms with Gasteiger partial charge in [0.25, 0.3) is 5.91 Å². The van der Waals surface area contributed by atoms with Crippen molar-refractivity contribution in [3.63, 3.8) is 0 Å². The molecular formula is C27H28F3N3O3. The van der Waals surface area contributed by atoms with Crippen molar-refractivity contribution >= 4 is 11.8 Å². The molecule has 0 saturated carbocycles. The van der Waals surface area contributed by atoms with Crippen LogP contribution in [0, 0.1) is 0 Å². The summed E-state index contributed by atoms with van der Waals surface area (Å²) in [6.45, 7) is 1.70. The Morgan fingerprint density at radius 3 is 2.36 bits per heavy atom. The van der Waals surface area contributed by atoms with E-state index in [2.05, 4.69) is 15.5 Å². The number of halogens is 3. The summed E-state index contributed by atoms with van der Waals surface area (Å²) in [5.41, 5.74) is 0.868. The van der Waals surface area contributed by atoms with Gasteiger partial charge in [0.2, 0.25) is 5.91 Å². The van der Waals surface area contributed by atoms with Crippen LogP contribution in [0.5, 0.6) is 0 Å². The molecule has 9 heteroatoms. The predicted octanol–water partition coefficient (Wildman–Crippen LogP) is 4.42. The number of likely N-dealkylation sites (tertiary alicyclic amines) is 1. The van der Waals surface area contributed by atoms with E-state index in [1.54, 1.807) is 12.1 Å². The molecular weight excluding hydrogens is 471 g/mol.